The van der Waals surface area contributed by atoms with Crippen LogP contribution in [0.5, 0.6) is 0 Å². The van der Waals surface area contributed by atoms with Crippen LogP contribution < -0.4 is 61.9 Å². The predicted octanol–water partition coefficient (Wildman–Crippen LogP) is -0.409. The molecule has 0 atom stereocenters. The molecule has 0 saturated carbocycles. The minimum absolute atomic E-state index is 0. The zero-order valence-corrected chi connectivity index (χ0v) is 11.8. The maximum Gasteiger partial charge on any atom is 1.00 e. The van der Waals surface area contributed by atoms with Crippen molar-refractivity contribution in [2.45, 2.75) is 13.8 Å². The Labute approximate surface area is 122 Å². The normalized spacial score (nSPS) is 11.8. The second-order valence-electron chi connectivity index (χ2n) is 2.26. The van der Waals surface area contributed by atoms with Crippen LogP contribution in [0.1, 0.15) is 13.8 Å². The van der Waals surface area contributed by atoms with Gasteiger partial charge in [0.05, 0.1) is 0 Å². The molecule has 0 aliphatic carbocycles. The number of hydrazine groups is 1. The van der Waals surface area contributed by atoms with Gasteiger partial charge < -0.3 is 16.0 Å². The SMILES string of the molecule is CC.CN1N[N-]c2ccccc21.[K+]. The quantitative estimate of drug-likeness (QED) is 0.581. The van der Waals surface area contributed by atoms with Crippen LogP contribution in [-0.2, 0) is 0 Å². The summed E-state index contributed by atoms with van der Waals surface area (Å²) in [7, 11) is 1.94. The number of anilines is 1. The molecule has 1 aliphatic rings. The van der Waals surface area contributed by atoms with E-state index in [1.807, 2.05) is 50.2 Å². The van der Waals surface area contributed by atoms with E-state index in [0.29, 0.717) is 0 Å². The molecular formula is C9H14KN3. The third kappa shape index (κ3) is 3.23. The van der Waals surface area contributed by atoms with Crippen LogP contribution in [0.25, 0.3) is 5.43 Å². The number of nitrogens with one attached hydrogen (secondary N) is 1. The van der Waals surface area contributed by atoms with E-state index in [4.69, 9.17) is 0 Å². The Bertz CT molecular complexity index is 252. The average molecular weight is 203 g/mol. The van der Waals surface area contributed by atoms with E-state index in [0.717, 1.165) is 11.4 Å². The predicted molar refractivity (Wildman–Crippen MR) is 52.3 cm³/mol. The van der Waals surface area contributed by atoms with Crippen molar-refractivity contribution in [1.82, 2.24) is 5.53 Å². The van der Waals surface area contributed by atoms with Crippen LogP contribution in [0.2, 0.25) is 0 Å². The summed E-state index contributed by atoms with van der Waals surface area (Å²) < 4.78 is 0. The van der Waals surface area contributed by atoms with E-state index >= 15 is 0 Å². The minimum atomic E-state index is 0. The maximum absolute atomic E-state index is 4.06. The first-order chi connectivity index (χ1) is 5.88. The van der Waals surface area contributed by atoms with Gasteiger partial charge in [0.1, 0.15) is 0 Å². The van der Waals surface area contributed by atoms with Gasteiger partial charge in [-0.15, -0.1) is 5.69 Å². The van der Waals surface area contributed by atoms with Gasteiger partial charge in [-0.25, -0.2) is 0 Å². The van der Waals surface area contributed by atoms with Gasteiger partial charge in [-0.2, -0.15) is 0 Å². The third-order valence-corrected chi connectivity index (χ3v) is 1.56. The molecule has 1 N–H and O–H groups in total. The monoisotopic (exact) mass is 203 g/mol. The average Bonchev–Trinajstić information content (AvgIpc) is 2.53. The van der Waals surface area contributed by atoms with Gasteiger partial charge in [-0.05, 0) is 6.07 Å². The summed E-state index contributed by atoms with van der Waals surface area (Å²) in [5.74, 6) is 0. The fourth-order valence-electron chi connectivity index (χ4n) is 1.03. The zero-order valence-electron chi connectivity index (χ0n) is 8.70. The molecule has 0 aromatic heterocycles. The number of hydrogen-bond donors (Lipinski definition) is 1. The van der Waals surface area contributed by atoms with Gasteiger partial charge in [-0.3, -0.25) is 0 Å². The number of hydrogen-bond acceptors (Lipinski definition) is 2. The van der Waals surface area contributed by atoms with Gasteiger partial charge in [0.2, 0.25) is 0 Å². The third-order valence-electron chi connectivity index (χ3n) is 1.56. The first-order valence-corrected chi connectivity index (χ1v) is 4.17. The molecule has 1 heterocycles. The van der Waals surface area contributed by atoms with Crippen molar-refractivity contribution in [2.75, 3.05) is 12.1 Å². The molecule has 0 bridgehead atoms. The zero-order chi connectivity index (χ0) is 8.97. The fourth-order valence-corrected chi connectivity index (χ4v) is 1.03. The van der Waals surface area contributed by atoms with Gasteiger partial charge in [0.15, 0.2) is 0 Å². The molecule has 13 heavy (non-hydrogen) atoms. The fraction of sp³-hybridized carbons (Fsp3) is 0.333. The van der Waals surface area contributed by atoms with E-state index in [1.54, 1.807) is 0 Å². The van der Waals surface area contributed by atoms with Crippen LogP contribution in [0.15, 0.2) is 24.3 Å². The Hall–Kier alpha value is 0.416. The molecule has 0 fully saturated rings. The van der Waals surface area contributed by atoms with Gasteiger partial charge in [0, 0.05) is 12.7 Å². The topological polar surface area (TPSA) is 29.4 Å². The summed E-state index contributed by atoms with van der Waals surface area (Å²) in [6, 6.07) is 7.98. The number of benzene rings is 1. The van der Waals surface area contributed by atoms with Crippen molar-refractivity contribution in [1.29, 1.82) is 0 Å². The molecule has 66 valence electrons. The molecule has 1 aliphatic heterocycles. The van der Waals surface area contributed by atoms with Gasteiger partial charge in [-0.1, -0.05) is 32.0 Å². The van der Waals surface area contributed by atoms with Gasteiger partial charge >= 0.3 is 51.4 Å². The molecule has 0 unspecified atom stereocenters. The molecule has 0 radical (unpaired) electrons. The second-order valence-corrected chi connectivity index (χ2v) is 2.26. The Morgan fingerprint density at radius 3 is 2.46 bits per heavy atom. The number of nitrogens with zero attached hydrogens (tertiary/aromatic N) is 2. The van der Waals surface area contributed by atoms with Crippen LogP contribution in [0.3, 0.4) is 0 Å². The van der Waals surface area contributed by atoms with E-state index in [2.05, 4.69) is 11.0 Å². The molecule has 0 amide bonds. The van der Waals surface area contributed by atoms with Crippen molar-refractivity contribution >= 4 is 11.4 Å². The number of fused-ring (bicyclic) bond motifs is 1. The van der Waals surface area contributed by atoms with E-state index in [-0.39, 0.29) is 51.4 Å². The van der Waals surface area contributed by atoms with Crippen molar-refractivity contribution in [2.24, 2.45) is 0 Å². The first kappa shape index (κ1) is 13.4. The summed E-state index contributed by atoms with van der Waals surface area (Å²) in [5.41, 5.74) is 9.03. The number of para-hydroxylation sites is 2. The molecule has 3 nitrogen and oxygen atoms in total. The van der Waals surface area contributed by atoms with Gasteiger partial charge in [0.25, 0.3) is 0 Å². The maximum atomic E-state index is 4.06. The van der Waals surface area contributed by atoms with E-state index < -0.39 is 0 Å². The number of rotatable bonds is 0. The smallest absolute Gasteiger partial charge is 0.602 e. The Morgan fingerprint density at radius 1 is 1.23 bits per heavy atom. The summed E-state index contributed by atoms with van der Waals surface area (Å²) in [4.78, 5) is 0. The molecule has 1 aromatic carbocycles. The summed E-state index contributed by atoms with van der Waals surface area (Å²) >= 11 is 0. The minimum Gasteiger partial charge on any atom is -0.602 e. The largest absolute Gasteiger partial charge is 1.00 e. The van der Waals surface area contributed by atoms with Crippen molar-refractivity contribution < 1.29 is 51.4 Å². The van der Waals surface area contributed by atoms with Crippen LogP contribution in [0.4, 0.5) is 11.4 Å². The second kappa shape index (κ2) is 6.81. The standard InChI is InChI=1S/C7H8N3.C2H6.K/c1-10-7-5-3-2-4-6(7)8-9-10;1-2;/h2-5,9H,1H3;1-2H3;/q-1;;+1. The molecule has 0 spiro atoms. The van der Waals surface area contributed by atoms with Crippen LogP contribution >= 0.6 is 0 Å². The summed E-state index contributed by atoms with van der Waals surface area (Å²) in [6.45, 7) is 4.00. The van der Waals surface area contributed by atoms with E-state index in [1.165, 1.54) is 0 Å². The Kier molecular flexibility index (Phi) is 7.03. The van der Waals surface area contributed by atoms with Crippen molar-refractivity contribution in [3.8, 4) is 0 Å². The summed E-state index contributed by atoms with van der Waals surface area (Å²) in [6.07, 6.45) is 0. The Morgan fingerprint density at radius 2 is 1.85 bits per heavy atom. The molecule has 2 rings (SSSR count). The summed E-state index contributed by atoms with van der Waals surface area (Å²) in [5, 5.41) is 1.88. The van der Waals surface area contributed by atoms with Crippen LogP contribution in [-0.4, -0.2) is 7.05 Å². The van der Waals surface area contributed by atoms with E-state index in [9.17, 15) is 0 Å². The van der Waals surface area contributed by atoms with Crippen molar-refractivity contribution in [3.63, 3.8) is 0 Å². The Balaban J connectivity index is 0.000000451. The first-order valence-electron chi connectivity index (χ1n) is 4.17. The molecule has 1 aromatic rings. The molecule has 4 heteroatoms. The van der Waals surface area contributed by atoms with Crippen molar-refractivity contribution in [3.05, 3.63) is 29.7 Å². The molecule has 0 saturated heterocycles. The molecular weight excluding hydrogens is 189 g/mol. The van der Waals surface area contributed by atoms with Crippen LogP contribution in [0, 0.1) is 0 Å².